The third-order valence-electron chi connectivity index (χ3n) is 10.4. The van der Waals surface area contributed by atoms with E-state index in [1.54, 1.807) is 0 Å². The van der Waals surface area contributed by atoms with E-state index in [0.717, 1.165) is 47.8 Å². The average Bonchev–Trinajstić information content (AvgIpc) is 3.35. The Morgan fingerprint density at radius 1 is 0.523 bits per heavy atom. The second-order valence-electron chi connectivity index (χ2n) is 12.2. The summed E-state index contributed by atoms with van der Waals surface area (Å²) >= 11 is 3.84. The molecule has 0 saturated carbocycles. The van der Waals surface area contributed by atoms with Gasteiger partial charge in [-0.1, -0.05) is 49.7 Å². The Bertz CT molecular complexity index is 2690. The Morgan fingerprint density at radius 2 is 0.955 bits per heavy atom. The van der Waals surface area contributed by atoms with Crippen molar-refractivity contribution in [3.63, 3.8) is 0 Å². The number of aromatic nitrogens is 3. The minimum absolute atomic E-state index is 0.183. The highest BCUT2D eigenvalue weighted by Gasteiger charge is 2.30. The largest absolute Gasteiger partial charge is 0.341 e. The molecular weight excluding hydrogens is 618 g/mol. The molecule has 0 N–H and O–H groups in total. The Balaban J connectivity index is 1.73. The molecule has 0 amide bonds. The van der Waals surface area contributed by atoms with Gasteiger partial charge in [0.15, 0.2) is 0 Å². The normalized spacial score (nSPS) is 13.1. The molecule has 0 saturated heterocycles. The van der Waals surface area contributed by atoms with Crippen molar-refractivity contribution in [1.82, 2.24) is 13.7 Å². The molecule has 0 unspecified atom stereocenters. The van der Waals surface area contributed by atoms with Crippen molar-refractivity contribution in [3.05, 3.63) is 76.2 Å². The first-order valence-corrected chi connectivity index (χ1v) is 16.5. The quantitative estimate of drug-likeness (QED) is 0.130. The van der Waals surface area contributed by atoms with E-state index in [9.17, 15) is 19.2 Å². The molecule has 44 heavy (non-hydrogen) atoms. The molecule has 7 nitrogen and oxygen atoms in total. The van der Waals surface area contributed by atoms with Crippen molar-refractivity contribution < 1.29 is 0 Å². The summed E-state index contributed by atoms with van der Waals surface area (Å²) in [5.74, 6) is 0. The molecule has 0 aliphatic carbocycles. The van der Waals surface area contributed by atoms with Gasteiger partial charge < -0.3 is 4.57 Å². The second-order valence-corrected chi connectivity index (χ2v) is 13.1. The van der Waals surface area contributed by atoms with Gasteiger partial charge in [0.05, 0.1) is 21.8 Å². The van der Waals surface area contributed by atoms with Crippen LogP contribution in [0.2, 0.25) is 0 Å². The molecule has 0 spiro atoms. The summed E-state index contributed by atoms with van der Waals surface area (Å²) in [6.45, 7) is 10.7. The van der Waals surface area contributed by atoms with Crippen LogP contribution >= 0.6 is 15.9 Å². The van der Waals surface area contributed by atoms with Crippen LogP contribution in [0.25, 0.3) is 75.7 Å². The standard InChI is InChI=1S/C36H32BrN3O4/c1-6-16(7-2)39-33(41)19-12-11-18-28-23(37)13-20-27-22(36(44)40(34(20)42)17(8-3)9-4)15-25-31(32(27)28)30-24(38(25)10-5)14-21(35(39)43)26(19)29(18)30/h11-17H,6-10H2,1-5H3. The number of halogens is 1. The van der Waals surface area contributed by atoms with E-state index in [1.807, 2.05) is 58.0 Å². The van der Waals surface area contributed by atoms with Gasteiger partial charge in [-0.3, -0.25) is 28.3 Å². The molecule has 0 aliphatic heterocycles. The van der Waals surface area contributed by atoms with Crippen LogP contribution in [-0.2, 0) is 6.54 Å². The van der Waals surface area contributed by atoms with Gasteiger partial charge in [-0.25, -0.2) is 0 Å². The molecule has 222 valence electrons. The van der Waals surface area contributed by atoms with Crippen molar-refractivity contribution in [2.24, 2.45) is 0 Å². The van der Waals surface area contributed by atoms with E-state index >= 15 is 0 Å². The number of fused-ring (bicyclic) bond motifs is 1. The summed E-state index contributed by atoms with van der Waals surface area (Å²) in [6, 6.07) is 9.22. The molecule has 0 atom stereocenters. The smallest absolute Gasteiger partial charge is 0.261 e. The molecular formula is C36H32BrN3O4. The van der Waals surface area contributed by atoms with Gasteiger partial charge in [-0.05, 0) is 62.3 Å². The lowest BCUT2D eigenvalue weighted by Gasteiger charge is -2.21. The molecule has 8 rings (SSSR count). The lowest BCUT2D eigenvalue weighted by Crippen LogP contribution is -2.36. The Hall–Kier alpha value is -4.04. The van der Waals surface area contributed by atoms with Crippen molar-refractivity contribution >= 4 is 91.6 Å². The molecule has 3 heterocycles. The van der Waals surface area contributed by atoms with Crippen molar-refractivity contribution in [1.29, 1.82) is 0 Å². The summed E-state index contributed by atoms with van der Waals surface area (Å²) in [7, 11) is 0. The maximum absolute atomic E-state index is 14.2. The van der Waals surface area contributed by atoms with Gasteiger partial charge in [0.2, 0.25) is 0 Å². The highest BCUT2D eigenvalue weighted by molar-refractivity contribution is 9.10. The van der Waals surface area contributed by atoms with E-state index in [4.69, 9.17) is 0 Å². The fourth-order valence-corrected chi connectivity index (χ4v) is 9.01. The van der Waals surface area contributed by atoms with Gasteiger partial charge in [-0.15, -0.1) is 0 Å². The summed E-state index contributed by atoms with van der Waals surface area (Å²) in [4.78, 5) is 56.4. The third-order valence-corrected chi connectivity index (χ3v) is 11.1. The zero-order chi connectivity index (χ0) is 30.9. The predicted octanol–water partition coefficient (Wildman–Crippen LogP) is 7.86. The Morgan fingerprint density at radius 3 is 1.45 bits per heavy atom. The van der Waals surface area contributed by atoms with Crippen LogP contribution in [0.5, 0.6) is 0 Å². The topological polar surface area (TPSA) is 83.1 Å². The van der Waals surface area contributed by atoms with Crippen molar-refractivity contribution in [3.8, 4) is 0 Å². The van der Waals surface area contributed by atoms with Gasteiger partial charge in [0.25, 0.3) is 22.2 Å². The number of aryl methyl sites for hydroxylation is 1. The van der Waals surface area contributed by atoms with Crippen LogP contribution in [0, 0.1) is 0 Å². The van der Waals surface area contributed by atoms with Crippen LogP contribution < -0.4 is 22.2 Å². The lowest BCUT2D eigenvalue weighted by molar-refractivity contribution is 0.451. The molecule has 0 bridgehead atoms. The molecule has 5 aromatic carbocycles. The molecule has 0 radical (unpaired) electrons. The zero-order valence-electron chi connectivity index (χ0n) is 25.4. The summed E-state index contributed by atoms with van der Waals surface area (Å²) in [5.41, 5.74) is 0.770. The highest BCUT2D eigenvalue weighted by atomic mass is 79.9. The second kappa shape index (κ2) is 9.24. The molecule has 8 heteroatoms. The number of rotatable bonds is 7. The molecule has 8 aromatic rings. The Labute approximate surface area is 259 Å². The fraction of sp³-hybridized carbons (Fsp3) is 0.333. The molecule has 0 aliphatic rings. The number of hydrogen-bond acceptors (Lipinski definition) is 4. The van der Waals surface area contributed by atoms with Crippen LogP contribution in [0.4, 0.5) is 0 Å². The van der Waals surface area contributed by atoms with Gasteiger partial charge >= 0.3 is 0 Å². The van der Waals surface area contributed by atoms with Crippen LogP contribution in [0.3, 0.4) is 0 Å². The molecule has 0 fully saturated rings. The minimum atomic E-state index is -0.261. The van der Waals surface area contributed by atoms with Crippen LogP contribution in [-0.4, -0.2) is 13.7 Å². The summed E-state index contributed by atoms with van der Waals surface area (Å²) < 4.78 is 5.84. The number of hydrogen-bond donors (Lipinski definition) is 0. The molecule has 3 aromatic heterocycles. The van der Waals surface area contributed by atoms with E-state index in [-0.39, 0.29) is 34.3 Å². The van der Waals surface area contributed by atoms with E-state index < -0.39 is 0 Å². The van der Waals surface area contributed by atoms with Crippen LogP contribution in [0.1, 0.15) is 72.4 Å². The Kier molecular flexibility index (Phi) is 5.77. The van der Waals surface area contributed by atoms with Crippen LogP contribution in [0.15, 0.2) is 54.0 Å². The number of pyridine rings is 2. The first kappa shape index (κ1) is 27.5. The first-order valence-electron chi connectivity index (χ1n) is 15.7. The van der Waals surface area contributed by atoms with Crippen molar-refractivity contribution in [2.45, 2.75) is 78.9 Å². The SMILES string of the molecule is CCC(CC)n1c(=O)c2ccc3c4c(Br)cc5c(=O)n(C(CC)CC)c(=O)c6cc7c(c4c56)c4c3c2c(cc4n7CC)c1=O. The van der Waals surface area contributed by atoms with E-state index in [0.29, 0.717) is 64.5 Å². The first-order chi connectivity index (χ1) is 21.2. The predicted molar refractivity (Wildman–Crippen MR) is 185 cm³/mol. The van der Waals surface area contributed by atoms with Gasteiger partial charge in [-0.2, -0.15) is 0 Å². The fourth-order valence-electron chi connectivity index (χ4n) is 8.37. The van der Waals surface area contributed by atoms with Crippen molar-refractivity contribution in [2.75, 3.05) is 0 Å². The monoisotopic (exact) mass is 649 g/mol. The van der Waals surface area contributed by atoms with E-state index in [2.05, 4.69) is 27.4 Å². The maximum Gasteiger partial charge on any atom is 0.261 e. The van der Waals surface area contributed by atoms with E-state index in [1.165, 1.54) is 9.13 Å². The minimum Gasteiger partial charge on any atom is -0.341 e. The number of benzene rings is 5. The summed E-state index contributed by atoms with van der Waals surface area (Å²) in [5, 5.41) is 9.02. The van der Waals surface area contributed by atoms with Gasteiger partial charge in [0, 0.05) is 71.6 Å². The maximum atomic E-state index is 14.2. The highest BCUT2D eigenvalue weighted by Crippen LogP contribution is 2.51. The lowest BCUT2D eigenvalue weighted by atomic mass is 9.86. The number of nitrogens with zero attached hydrogens (tertiary/aromatic N) is 3. The average molecular weight is 651 g/mol. The van der Waals surface area contributed by atoms with Gasteiger partial charge in [0.1, 0.15) is 0 Å². The zero-order valence-corrected chi connectivity index (χ0v) is 27.0. The third kappa shape index (κ3) is 3.02. The summed E-state index contributed by atoms with van der Waals surface area (Å²) in [6.07, 6.45) is 2.73.